The predicted octanol–water partition coefficient (Wildman–Crippen LogP) is 3.56. The Bertz CT molecular complexity index is 908. The van der Waals surface area contributed by atoms with Crippen molar-refractivity contribution in [2.45, 2.75) is 6.18 Å². The quantitative estimate of drug-likeness (QED) is 0.524. The molecule has 9 heteroatoms. The molecule has 2 N–H and O–H groups in total. The summed E-state index contributed by atoms with van der Waals surface area (Å²) in [4.78, 5) is 4.25. The first-order valence-electron chi connectivity index (χ1n) is 8.01. The number of methoxy groups -OCH3 is 1. The third-order valence-electron chi connectivity index (χ3n) is 3.69. The van der Waals surface area contributed by atoms with Crippen LogP contribution in [0.1, 0.15) is 5.56 Å². The minimum Gasteiger partial charge on any atom is -0.460 e. The molecule has 2 aromatic carbocycles. The molecule has 0 spiro atoms. The van der Waals surface area contributed by atoms with Gasteiger partial charge in [-0.2, -0.15) is 18.2 Å². The first-order chi connectivity index (χ1) is 12.9. The summed E-state index contributed by atoms with van der Waals surface area (Å²) in [5.74, 6) is 0.221. The van der Waals surface area contributed by atoms with Crippen LogP contribution in [-0.4, -0.2) is 35.1 Å². The van der Waals surface area contributed by atoms with E-state index >= 15 is 0 Å². The van der Waals surface area contributed by atoms with E-state index in [0.29, 0.717) is 18.0 Å². The van der Waals surface area contributed by atoms with Gasteiger partial charge in [-0.25, -0.2) is 4.68 Å². The van der Waals surface area contributed by atoms with Gasteiger partial charge in [0.2, 0.25) is 0 Å². The topological polar surface area (TPSA) is 75.2 Å². The molecule has 0 fully saturated rings. The van der Waals surface area contributed by atoms with Crippen LogP contribution >= 0.6 is 0 Å². The minimum absolute atomic E-state index is 0.0382. The minimum atomic E-state index is -4.46. The highest BCUT2D eigenvalue weighted by Crippen LogP contribution is 2.32. The van der Waals surface area contributed by atoms with E-state index in [1.165, 1.54) is 23.9 Å². The lowest BCUT2D eigenvalue weighted by Gasteiger charge is -2.09. The van der Waals surface area contributed by atoms with Crippen molar-refractivity contribution in [1.82, 2.24) is 14.8 Å². The number of ether oxygens (including phenoxy) is 2. The van der Waals surface area contributed by atoms with Crippen LogP contribution in [0.15, 0.2) is 48.5 Å². The summed E-state index contributed by atoms with van der Waals surface area (Å²) < 4.78 is 50.9. The van der Waals surface area contributed by atoms with Gasteiger partial charge in [-0.15, -0.1) is 5.10 Å². The maximum absolute atomic E-state index is 13.1. The fraction of sp³-hybridized carbons (Fsp3) is 0.222. The Morgan fingerprint density at radius 3 is 2.48 bits per heavy atom. The number of anilines is 1. The molecule has 142 valence electrons. The number of hydrogen-bond donors (Lipinski definition) is 1. The lowest BCUT2D eigenvalue weighted by Crippen LogP contribution is -2.06. The van der Waals surface area contributed by atoms with Gasteiger partial charge >= 0.3 is 12.2 Å². The normalized spacial score (nSPS) is 11.6. The van der Waals surface area contributed by atoms with Crippen LogP contribution in [-0.2, 0) is 10.9 Å². The van der Waals surface area contributed by atoms with Gasteiger partial charge < -0.3 is 15.2 Å². The maximum Gasteiger partial charge on any atom is 0.416 e. The summed E-state index contributed by atoms with van der Waals surface area (Å²) in [5, 5.41) is 4.26. The van der Waals surface area contributed by atoms with Gasteiger partial charge in [-0.05, 0) is 36.4 Å². The van der Waals surface area contributed by atoms with Gasteiger partial charge in [0.25, 0.3) is 0 Å². The summed E-state index contributed by atoms with van der Waals surface area (Å²) in [6.07, 6.45) is -4.46. The molecule has 0 unspecified atom stereocenters. The Balaban J connectivity index is 2.06. The zero-order valence-corrected chi connectivity index (χ0v) is 14.4. The summed E-state index contributed by atoms with van der Waals surface area (Å²) in [6, 6.07) is 11.6. The Morgan fingerprint density at radius 2 is 1.81 bits per heavy atom. The number of halogens is 3. The molecule has 3 aromatic rings. The largest absolute Gasteiger partial charge is 0.460 e. The summed E-state index contributed by atoms with van der Waals surface area (Å²) in [5.41, 5.74) is 6.33. The Labute approximate surface area is 153 Å². The second kappa shape index (κ2) is 7.67. The molecule has 3 rings (SSSR count). The highest BCUT2D eigenvalue weighted by molar-refractivity contribution is 5.60. The Hall–Kier alpha value is -3.07. The molecule has 0 saturated carbocycles. The highest BCUT2D eigenvalue weighted by Gasteiger charge is 2.31. The number of nitrogens with two attached hydrogens (primary N) is 1. The van der Waals surface area contributed by atoms with Crippen LogP contribution in [0.5, 0.6) is 6.01 Å². The van der Waals surface area contributed by atoms with Crippen LogP contribution < -0.4 is 10.5 Å². The van der Waals surface area contributed by atoms with Crippen LogP contribution in [0.4, 0.5) is 18.9 Å². The number of alkyl halides is 3. The van der Waals surface area contributed by atoms with Crippen molar-refractivity contribution in [2.75, 3.05) is 26.1 Å². The van der Waals surface area contributed by atoms with Crippen LogP contribution in [0.3, 0.4) is 0 Å². The summed E-state index contributed by atoms with van der Waals surface area (Å²) in [7, 11) is 1.53. The van der Waals surface area contributed by atoms with Gasteiger partial charge in [0.1, 0.15) is 6.61 Å². The molecule has 0 amide bonds. The average Bonchev–Trinajstić information content (AvgIpc) is 3.06. The number of aromatic nitrogens is 3. The standard InChI is InChI=1S/C18H17F3N4O2/c1-26-9-10-27-17-23-16(12-3-2-4-13(11-12)18(19,20)21)25(24-17)15-7-5-14(22)6-8-15/h2-8,11H,9-10,22H2,1H3. The average molecular weight is 378 g/mol. The molecular formula is C18H17F3N4O2. The van der Waals surface area contributed by atoms with Crippen LogP contribution in [0.2, 0.25) is 0 Å². The fourth-order valence-corrected chi connectivity index (χ4v) is 2.39. The number of nitrogens with zero attached hydrogens (tertiary/aromatic N) is 3. The molecule has 0 aliphatic carbocycles. The molecule has 0 saturated heterocycles. The zero-order chi connectivity index (χ0) is 19.4. The molecule has 0 aliphatic rings. The maximum atomic E-state index is 13.1. The van der Waals surface area contributed by atoms with Gasteiger partial charge in [-0.3, -0.25) is 0 Å². The van der Waals surface area contributed by atoms with E-state index in [9.17, 15) is 13.2 Å². The lowest BCUT2D eigenvalue weighted by atomic mass is 10.1. The fourth-order valence-electron chi connectivity index (χ4n) is 2.39. The van der Waals surface area contributed by atoms with Gasteiger partial charge in [0.05, 0.1) is 17.9 Å². The monoisotopic (exact) mass is 378 g/mol. The second-order valence-electron chi connectivity index (χ2n) is 5.64. The van der Waals surface area contributed by atoms with Crippen LogP contribution in [0.25, 0.3) is 17.1 Å². The van der Waals surface area contributed by atoms with Crippen molar-refractivity contribution in [3.8, 4) is 23.1 Å². The zero-order valence-electron chi connectivity index (χ0n) is 14.4. The molecule has 0 radical (unpaired) electrons. The molecule has 6 nitrogen and oxygen atoms in total. The first-order valence-corrected chi connectivity index (χ1v) is 8.01. The van der Waals surface area contributed by atoms with Crippen molar-refractivity contribution in [1.29, 1.82) is 0 Å². The molecule has 0 aliphatic heterocycles. The lowest BCUT2D eigenvalue weighted by molar-refractivity contribution is -0.137. The van der Waals surface area contributed by atoms with Crippen molar-refractivity contribution in [3.63, 3.8) is 0 Å². The van der Waals surface area contributed by atoms with Crippen molar-refractivity contribution in [2.24, 2.45) is 0 Å². The van der Waals surface area contributed by atoms with E-state index in [1.54, 1.807) is 24.3 Å². The molecule has 0 bridgehead atoms. The van der Waals surface area contributed by atoms with E-state index in [0.717, 1.165) is 12.1 Å². The molecule has 1 aromatic heterocycles. The Kier molecular flexibility index (Phi) is 5.31. The summed E-state index contributed by atoms with van der Waals surface area (Å²) in [6.45, 7) is 0.541. The predicted molar refractivity (Wildman–Crippen MR) is 93.6 cm³/mol. The molecule has 27 heavy (non-hydrogen) atoms. The van der Waals surface area contributed by atoms with E-state index in [4.69, 9.17) is 15.2 Å². The molecule has 1 heterocycles. The smallest absolute Gasteiger partial charge is 0.416 e. The Morgan fingerprint density at radius 1 is 1.07 bits per heavy atom. The van der Waals surface area contributed by atoms with E-state index in [1.807, 2.05) is 0 Å². The molecular weight excluding hydrogens is 361 g/mol. The van der Waals surface area contributed by atoms with Gasteiger partial charge in [0, 0.05) is 18.4 Å². The number of nitrogen functional groups attached to an aromatic ring is 1. The van der Waals surface area contributed by atoms with Gasteiger partial charge in [-0.1, -0.05) is 12.1 Å². The SMILES string of the molecule is COCCOc1nc(-c2cccc(C(F)(F)F)c2)n(-c2ccc(N)cc2)n1. The molecule has 0 atom stereocenters. The second-order valence-corrected chi connectivity index (χ2v) is 5.64. The van der Waals surface area contributed by atoms with E-state index in [2.05, 4.69) is 10.1 Å². The van der Waals surface area contributed by atoms with Crippen molar-refractivity contribution in [3.05, 3.63) is 54.1 Å². The third-order valence-corrected chi connectivity index (χ3v) is 3.69. The van der Waals surface area contributed by atoms with Crippen molar-refractivity contribution >= 4 is 5.69 Å². The summed E-state index contributed by atoms with van der Waals surface area (Å²) >= 11 is 0. The highest BCUT2D eigenvalue weighted by atomic mass is 19.4. The first kappa shape index (κ1) is 18.7. The van der Waals surface area contributed by atoms with E-state index in [-0.39, 0.29) is 24.0 Å². The van der Waals surface area contributed by atoms with Crippen molar-refractivity contribution < 1.29 is 22.6 Å². The third kappa shape index (κ3) is 4.37. The van der Waals surface area contributed by atoms with E-state index < -0.39 is 11.7 Å². The number of benzene rings is 2. The number of rotatable bonds is 6. The van der Waals surface area contributed by atoms with Crippen LogP contribution in [0, 0.1) is 0 Å². The van der Waals surface area contributed by atoms with Gasteiger partial charge in [0.15, 0.2) is 5.82 Å². The number of hydrogen-bond acceptors (Lipinski definition) is 5.